The molecule has 8 aromatic carbocycles. The Hall–Kier alpha value is -5.66. The molecule has 46 heavy (non-hydrogen) atoms. The highest BCUT2D eigenvalue weighted by Gasteiger charge is 2.39. The minimum Gasteiger partial charge on any atom is -0.456 e. The molecule has 0 saturated heterocycles. The van der Waals surface area contributed by atoms with Crippen LogP contribution in [0.5, 0.6) is 11.5 Å². The van der Waals surface area contributed by atoms with E-state index >= 15 is 0 Å². The van der Waals surface area contributed by atoms with Gasteiger partial charge in [0, 0.05) is 16.4 Å². The van der Waals surface area contributed by atoms with Gasteiger partial charge in [-0.3, -0.25) is 0 Å². The topological polar surface area (TPSA) is 9.23 Å². The summed E-state index contributed by atoms with van der Waals surface area (Å²) in [4.78, 5) is 0. The van der Waals surface area contributed by atoms with Crippen molar-refractivity contribution in [3.63, 3.8) is 0 Å². The van der Waals surface area contributed by atoms with Gasteiger partial charge in [-0.2, -0.15) is 0 Å². The van der Waals surface area contributed by atoms with Crippen LogP contribution in [0.15, 0.2) is 146 Å². The largest absolute Gasteiger partial charge is 0.456 e. The van der Waals surface area contributed by atoms with Crippen molar-refractivity contribution in [2.24, 2.45) is 0 Å². The molecule has 0 amide bonds. The molecule has 0 saturated carbocycles. The molecule has 2 aliphatic rings. The van der Waals surface area contributed by atoms with Gasteiger partial charge >= 0.3 is 0 Å². The Morgan fingerprint density at radius 2 is 1.11 bits per heavy atom. The third-order valence-electron chi connectivity index (χ3n) is 10.4. The lowest BCUT2D eigenvalue weighted by atomic mass is 9.78. The van der Waals surface area contributed by atoms with E-state index in [4.69, 9.17) is 4.74 Å². The van der Waals surface area contributed by atoms with Crippen LogP contribution >= 0.6 is 0 Å². The second kappa shape index (κ2) is 9.19. The van der Waals surface area contributed by atoms with E-state index in [9.17, 15) is 0 Å². The van der Waals surface area contributed by atoms with Crippen molar-refractivity contribution in [1.82, 2.24) is 0 Å². The molecule has 1 aliphatic heterocycles. The van der Waals surface area contributed by atoms with Gasteiger partial charge in [-0.05, 0) is 107 Å². The maximum atomic E-state index is 6.42. The van der Waals surface area contributed by atoms with E-state index < -0.39 is 0 Å². The average molecular weight is 587 g/mol. The van der Waals surface area contributed by atoms with Gasteiger partial charge in [0.25, 0.3) is 0 Å². The highest BCUT2D eigenvalue weighted by molar-refractivity contribution is 6.09. The first-order valence-electron chi connectivity index (χ1n) is 16.1. The van der Waals surface area contributed by atoms with Crippen LogP contribution in [-0.2, 0) is 5.41 Å². The lowest BCUT2D eigenvalue weighted by Crippen LogP contribution is -2.15. The Morgan fingerprint density at radius 3 is 1.98 bits per heavy atom. The number of fused-ring (bicyclic) bond motifs is 8. The Balaban J connectivity index is 1.19. The molecule has 1 aliphatic carbocycles. The fraction of sp³-hybridized carbons (Fsp3) is 0.0667. The minimum atomic E-state index is -0.178. The van der Waals surface area contributed by atoms with Crippen LogP contribution in [0.1, 0.15) is 25.0 Å². The van der Waals surface area contributed by atoms with Gasteiger partial charge in [0.05, 0.1) is 0 Å². The summed E-state index contributed by atoms with van der Waals surface area (Å²) in [6.07, 6.45) is 0. The van der Waals surface area contributed by atoms with E-state index in [0.717, 1.165) is 17.1 Å². The van der Waals surface area contributed by atoms with Crippen molar-refractivity contribution in [2.45, 2.75) is 19.3 Å². The molecule has 216 valence electrons. The summed E-state index contributed by atoms with van der Waals surface area (Å²) in [7, 11) is 0. The van der Waals surface area contributed by atoms with Gasteiger partial charge < -0.3 is 4.74 Å². The van der Waals surface area contributed by atoms with Crippen molar-refractivity contribution in [2.75, 3.05) is 0 Å². The second-order valence-corrected chi connectivity index (χ2v) is 13.3. The fourth-order valence-corrected chi connectivity index (χ4v) is 8.29. The molecule has 0 radical (unpaired) electrons. The quantitative estimate of drug-likeness (QED) is 0.196. The summed E-state index contributed by atoms with van der Waals surface area (Å²) >= 11 is 0. The molecule has 10 rings (SSSR count). The zero-order valence-electron chi connectivity index (χ0n) is 25.8. The third kappa shape index (κ3) is 3.46. The van der Waals surface area contributed by atoms with E-state index in [2.05, 4.69) is 159 Å². The summed E-state index contributed by atoms with van der Waals surface area (Å²) in [5.41, 5.74) is 12.7. The van der Waals surface area contributed by atoms with E-state index in [1.807, 2.05) is 0 Å². The van der Waals surface area contributed by atoms with Gasteiger partial charge in [-0.15, -0.1) is 0 Å². The molecule has 0 spiro atoms. The van der Waals surface area contributed by atoms with Gasteiger partial charge in [0.1, 0.15) is 11.5 Å². The monoisotopic (exact) mass is 586 g/mol. The molecule has 0 fully saturated rings. The number of hydrogen-bond acceptors (Lipinski definition) is 1. The van der Waals surface area contributed by atoms with E-state index in [-0.39, 0.29) is 5.41 Å². The van der Waals surface area contributed by atoms with Crippen molar-refractivity contribution in [1.29, 1.82) is 0 Å². The standard InChI is InChI=1S/C45H30O/c1-45(2)39-26-30(29-21-23-40-37(24-29)35-18-8-13-28-14-9-19-41(46-40)42(28)35)20-22-36(39)43-38(25-31-11-4-6-16-33(31)44(43)45)34-17-7-12-27-10-3-5-15-32(27)34/h3-26H,1-2H3. The van der Waals surface area contributed by atoms with Crippen LogP contribution < -0.4 is 4.74 Å². The van der Waals surface area contributed by atoms with Gasteiger partial charge in [-0.1, -0.05) is 129 Å². The molecular formula is C45H30O. The highest BCUT2D eigenvalue weighted by atomic mass is 16.5. The summed E-state index contributed by atoms with van der Waals surface area (Å²) < 4.78 is 6.42. The summed E-state index contributed by atoms with van der Waals surface area (Å²) in [6.45, 7) is 4.80. The maximum Gasteiger partial charge on any atom is 0.135 e. The van der Waals surface area contributed by atoms with Crippen LogP contribution in [0.2, 0.25) is 0 Å². The number of benzene rings is 8. The zero-order chi connectivity index (χ0) is 30.6. The van der Waals surface area contributed by atoms with Crippen LogP contribution in [0.3, 0.4) is 0 Å². The second-order valence-electron chi connectivity index (χ2n) is 13.3. The SMILES string of the molecule is CC1(C)c2cc(-c3ccc4c(c3)-c3cccc5cccc(c35)O4)ccc2-c2c(-c3cccc4ccccc34)cc3ccccc3c21. The third-order valence-corrected chi connectivity index (χ3v) is 10.4. The summed E-state index contributed by atoms with van der Waals surface area (Å²) in [5.74, 6) is 1.84. The van der Waals surface area contributed by atoms with Crippen LogP contribution in [0, 0.1) is 0 Å². The molecule has 1 nitrogen and oxygen atoms in total. The molecule has 1 heteroatoms. The fourth-order valence-electron chi connectivity index (χ4n) is 8.29. The van der Waals surface area contributed by atoms with E-state index in [0.29, 0.717) is 0 Å². The average Bonchev–Trinajstić information content (AvgIpc) is 3.34. The predicted octanol–water partition coefficient (Wildman–Crippen LogP) is 12.6. The first-order valence-corrected chi connectivity index (χ1v) is 16.1. The predicted molar refractivity (Wildman–Crippen MR) is 193 cm³/mol. The Labute approximate surface area is 268 Å². The van der Waals surface area contributed by atoms with Crippen molar-refractivity contribution in [3.05, 3.63) is 157 Å². The van der Waals surface area contributed by atoms with E-state index in [1.165, 1.54) is 82.4 Å². The van der Waals surface area contributed by atoms with Crippen LogP contribution in [0.4, 0.5) is 0 Å². The maximum absolute atomic E-state index is 6.42. The molecule has 0 atom stereocenters. The number of hydrogen-bond donors (Lipinski definition) is 0. The summed E-state index contributed by atoms with van der Waals surface area (Å²) in [6, 6.07) is 53.4. The molecule has 1 heterocycles. The van der Waals surface area contributed by atoms with Gasteiger partial charge in [0.15, 0.2) is 0 Å². The smallest absolute Gasteiger partial charge is 0.135 e. The molecular weight excluding hydrogens is 556 g/mol. The first kappa shape index (κ1) is 25.6. The van der Waals surface area contributed by atoms with E-state index in [1.54, 1.807) is 0 Å². The number of rotatable bonds is 2. The molecule has 0 bridgehead atoms. The van der Waals surface area contributed by atoms with Gasteiger partial charge in [0.2, 0.25) is 0 Å². The minimum absolute atomic E-state index is 0.178. The molecule has 0 N–H and O–H groups in total. The van der Waals surface area contributed by atoms with Crippen molar-refractivity contribution >= 4 is 32.3 Å². The molecule has 8 aromatic rings. The Morgan fingerprint density at radius 1 is 0.435 bits per heavy atom. The Kier molecular flexibility index (Phi) is 5.12. The molecule has 0 unspecified atom stereocenters. The lowest BCUT2D eigenvalue weighted by molar-refractivity contribution is 0.487. The van der Waals surface area contributed by atoms with Crippen molar-refractivity contribution in [3.8, 4) is 56.0 Å². The normalized spacial score (nSPS) is 13.8. The van der Waals surface area contributed by atoms with Crippen LogP contribution in [-0.4, -0.2) is 0 Å². The zero-order valence-corrected chi connectivity index (χ0v) is 25.8. The van der Waals surface area contributed by atoms with Crippen molar-refractivity contribution < 1.29 is 4.74 Å². The molecule has 0 aromatic heterocycles. The lowest BCUT2D eigenvalue weighted by Gasteiger charge is -2.25. The van der Waals surface area contributed by atoms with Crippen LogP contribution in [0.25, 0.3) is 76.8 Å². The van der Waals surface area contributed by atoms with Gasteiger partial charge in [-0.25, -0.2) is 0 Å². The summed E-state index contributed by atoms with van der Waals surface area (Å²) in [5, 5.41) is 7.57. The number of ether oxygens (including phenoxy) is 1. The highest BCUT2D eigenvalue weighted by Crippen LogP contribution is 2.56. The Bertz CT molecular complexity index is 2570. The first-order chi connectivity index (χ1) is 22.6.